The molecule has 0 saturated carbocycles. The van der Waals surface area contributed by atoms with Crippen LogP contribution in [0.1, 0.15) is 17.1 Å². The van der Waals surface area contributed by atoms with Gasteiger partial charge in [0, 0.05) is 12.0 Å². The molecule has 1 N–H and O–H groups in total. The molecule has 0 bridgehead atoms. The summed E-state index contributed by atoms with van der Waals surface area (Å²) >= 11 is 0.664. The van der Waals surface area contributed by atoms with E-state index in [0.717, 1.165) is 5.38 Å². The fourth-order valence-corrected chi connectivity index (χ4v) is 3.60. The van der Waals surface area contributed by atoms with Gasteiger partial charge in [-0.3, -0.25) is 0 Å². The van der Waals surface area contributed by atoms with Crippen LogP contribution in [0.15, 0.2) is 5.38 Å². The van der Waals surface area contributed by atoms with Crippen LogP contribution >= 0.6 is 11.3 Å². The van der Waals surface area contributed by atoms with Gasteiger partial charge in [-0.05, 0) is 6.42 Å². The summed E-state index contributed by atoms with van der Waals surface area (Å²) in [5, 5.41) is 9.18. The molecule has 1 aromatic heterocycles. The van der Waals surface area contributed by atoms with Crippen molar-refractivity contribution in [3.63, 3.8) is 0 Å². The van der Waals surface area contributed by atoms with Crippen LogP contribution in [0.5, 0.6) is 0 Å². The molecular formula is C8H10F3NO3S2. The molecule has 1 heterocycles. The monoisotopic (exact) mass is 289 g/mol. The maximum atomic E-state index is 12.2. The topological polar surface area (TPSA) is 67.3 Å². The number of rotatable bonds is 5. The maximum absolute atomic E-state index is 12.2. The number of thiazole rings is 1. The molecule has 9 heteroatoms. The summed E-state index contributed by atoms with van der Waals surface area (Å²) in [6.45, 7) is -0.273. The van der Waals surface area contributed by atoms with Crippen molar-refractivity contribution in [2.75, 3.05) is 12.4 Å². The number of hydrogen-bond acceptors (Lipinski definition) is 5. The lowest BCUT2D eigenvalue weighted by atomic mass is 10.5. The van der Waals surface area contributed by atoms with E-state index in [0.29, 0.717) is 11.3 Å². The number of nitrogens with zero attached hydrogens (tertiary/aromatic N) is 1. The second kappa shape index (κ2) is 5.32. The summed E-state index contributed by atoms with van der Waals surface area (Å²) in [4.78, 5) is 3.23. The van der Waals surface area contributed by atoms with E-state index < -0.39 is 27.5 Å². The van der Waals surface area contributed by atoms with Crippen molar-refractivity contribution in [3.05, 3.63) is 16.1 Å². The van der Waals surface area contributed by atoms with E-state index >= 15 is 0 Å². The van der Waals surface area contributed by atoms with Gasteiger partial charge in [0.1, 0.15) is 10.8 Å². The fraction of sp³-hybridized carbons (Fsp3) is 0.625. The first-order valence-corrected chi connectivity index (χ1v) is 7.27. The molecule has 0 aromatic carbocycles. The average Bonchev–Trinajstić information content (AvgIpc) is 2.62. The lowest BCUT2D eigenvalue weighted by molar-refractivity contribution is -0.140. The Balaban J connectivity index is 2.73. The zero-order chi connectivity index (χ0) is 13.1. The molecule has 0 saturated heterocycles. The number of aliphatic hydroxyl groups is 1. The van der Waals surface area contributed by atoms with Crippen LogP contribution in [-0.4, -0.2) is 30.9 Å². The Morgan fingerprint density at radius 3 is 2.53 bits per heavy atom. The Bertz CT molecular complexity index is 467. The third-order valence-electron chi connectivity index (χ3n) is 1.80. The lowest BCUT2D eigenvalue weighted by Gasteiger charge is -2.01. The van der Waals surface area contributed by atoms with Gasteiger partial charge in [-0.1, -0.05) is 0 Å². The van der Waals surface area contributed by atoms with E-state index in [4.69, 9.17) is 5.11 Å². The van der Waals surface area contributed by atoms with Crippen molar-refractivity contribution in [1.82, 2.24) is 4.98 Å². The van der Waals surface area contributed by atoms with Crippen molar-refractivity contribution >= 4 is 21.2 Å². The molecule has 17 heavy (non-hydrogen) atoms. The zero-order valence-electron chi connectivity index (χ0n) is 8.57. The summed E-state index contributed by atoms with van der Waals surface area (Å²) in [7, 11) is -3.51. The zero-order valence-corrected chi connectivity index (χ0v) is 10.2. The third-order valence-corrected chi connectivity index (χ3v) is 4.45. The van der Waals surface area contributed by atoms with Gasteiger partial charge < -0.3 is 5.11 Å². The van der Waals surface area contributed by atoms with Crippen molar-refractivity contribution in [2.24, 2.45) is 0 Å². The van der Waals surface area contributed by atoms with Crippen LogP contribution < -0.4 is 0 Å². The molecule has 0 aliphatic carbocycles. The van der Waals surface area contributed by atoms with Gasteiger partial charge in [-0.2, -0.15) is 13.2 Å². The molecule has 0 amide bonds. The summed E-state index contributed by atoms with van der Waals surface area (Å²) in [5.41, 5.74) is -1.07. The summed E-state index contributed by atoms with van der Waals surface area (Å²) in [5.74, 6) is -0.780. The highest BCUT2D eigenvalue weighted by molar-refractivity contribution is 7.90. The van der Waals surface area contributed by atoms with Gasteiger partial charge >= 0.3 is 6.18 Å². The second-order valence-corrected chi connectivity index (χ2v) is 6.42. The van der Waals surface area contributed by atoms with E-state index in [1.165, 1.54) is 0 Å². The lowest BCUT2D eigenvalue weighted by Crippen LogP contribution is -2.11. The molecule has 0 unspecified atom stereocenters. The van der Waals surface area contributed by atoms with E-state index in [9.17, 15) is 21.6 Å². The molecule has 4 nitrogen and oxygen atoms in total. The Kier molecular flexibility index (Phi) is 4.50. The quantitative estimate of drug-likeness (QED) is 0.891. The summed E-state index contributed by atoms with van der Waals surface area (Å²) < 4.78 is 59.4. The molecule has 0 spiro atoms. The van der Waals surface area contributed by atoms with Crippen molar-refractivity contribution in [1.29, 1.82) is 0 Å². The smallest absolute Gasteiger partial charge is 0.396 e. The van der Waals surface area contributed by atoms with Crippen LogP contribution in [-0.2, 0) is 21.8 Å². The predicted molar refractivity (Wildman–Crippen MR) is 56.3 cm³/mol. The van der Waals surface area contributed by atoms with E-state index in [1.807, 2.05) is 0 Å². The standard InChI is InChI=1S/C8H10F3NO3S2/c9-8(10,11)6-4-16-7(12-6)5-17(14,15)3-1-2-13/h4,13H,1-3,5H2. The van der Waals surface area contributed by atoms with Crippen LogP contribution in [0, 0.1) is 0 Å². The third kappa shape index (κ3) is 4.60. The molecule has 98 valence electrons. The van der Waals surface area contributed by atoms with E-state index in [2.05, 4.69) is 4.98 Å². The first kappa shape index (κ1) is 14.4. The van der Waals surface area contributed by atoms with Crippen molar-refractivity contribution < 1.29 is 26.7 Å². The van der Waals surface area contributed by atoms with Crippen molar-refractivity contribution in [3.8, 4) is 0 Å². The number of hydrogen-bond donors (Lipinski definition) is 1. The van der Waals surface area contributed by atoms with Crippen LogP contribution in [0.4, 0.5) is 13.2 Å². The number of aromatic nitrogens is 1. The Morgan fingerprint density at radius 1 is 1.41 bits per heavy atom. The van der Waals surface area contributed by atoms with Gasteiger partial charge in [0.15, 0.2) is 15.5 Å². The number of alkyl halides is 3. The summed E-state index contributed by atoms with van der Waals surface area (Å²) in [6.07, 6.45) is -4.48. The molecule has 0 aliphatic heterocycles. The fourth-order valence-electron chi connectivity index (χ4n) is 1.05. The first-order chi connectivity index (χ1) is 7.74. The highest BCUT2D eigenvalue weighted by Gasteiger charge is 2.34. The first-order valence-electron chi connectivity index (χ1n) is 4.57. The largest absolute Gasteiger partial charge is 0.434 e. The Hall–Kier alpha value is -0.670. The van der Waals surface area contributed by atoms with E-state index in [1.54, 1.807) is 0 Å². The van der Waals surface area contributed by atoms with Gasteiger partial charge in [-0.25, -0.2) is 13.4 Å². The maximum Gasteiger partial charge on any atom is 0.434 e. The number of aliphatic hydroxyl groups excluding tert-OH is 1. The van der Waals surface area contributed by atoms with E-state index in [-0.39, 0.29) is 23.8 Å². The minimum Gasteiger partial charge on any atom is -0.396 e. The average molecular weight is 289 g/mol. The molecular weight excluding hydrogens is 279 g/mol. The van der Waals surface area contributed by atoms with Gasteiger partial charge in [0.25, 0.3) is 0 Å². The molecule has 0 aliphatic rings. The Morgan fingerprint density at radius 2 is 2.06 bits per heavy atom. The summed E-state index contributed by atoms with van der Waals surface area (Å²) in [6, 6.07) is 0. The van der Waals surface area contributed by atoms with Crippen LogP contribution in [0.3, 0.4) is 0 Å². The number of sulfone groups is 1. The molecule has 0 fully saturated rings. The Labute approximate surface area is 100 Å². The molecule has 0 radical (unpaired) electrons. The van der Waals surface area contributed by atoms with Crippen molar-refractivity contribution in [2.45, 2.75) is 18.3 Å². The van der Waals surface area contributed by atoms with Gasteiger partial charge in [0.05, 0.1) is 5.75 Å². The highest BCUT2D eigenvalue weighted by Crippen LogP contribution is 2.30. The number of halogens is 3. The van der Waals surface area contributed by atoms with Gasteiger partial charge in [-0.15, -0.1) is 11.3 Å². The molecule has 1 aromatic rings. The highest BCUT2D eigenvalue weighted by atomic mass is 32.2. The van der Waals surface area contributed by atoms with Gasteiger partial charge in [0.2, 0.25) is 0 Å². The minimum atomic E-state index is -4.55. The van der Waals surface area contributed by atoms with Crippen LogP contribution in [0.25, 0.3) is 0 Å². The molecule has 1 rings (SSSR count). The normalized spacial score (nSPS) is 12.9. The predicted octanol–water partition coefficient (Wildman–Crippen LogP) is 1.46. The van der Waals surface area contributed by atoms with Crippen LogP contribution in [0.2, 0.25) is 0 Å². The SMILES string of the molecule is O=S(=O)(CCCO)Cc1nc(C(F)(F)F)cs1. The second-order valence-electron chi connectivity index (χ2n) is 3.29. The minimum absolute atomic E-state index is 0.0693. The molecule has 0 atom stereocenters.